The van der Waals surface area contributed by atoms with Gasteiger partial charge in [0.05, 0.1) is 6.20 Å². The van der Waals surface area contributed by atoms with Crippen LogP contribution in [0.4, 0.5) is 0 Å². The summed E-state index contributed by atoms with van der Waals surface area (Å²) in [5.41, 5.74) is 9.86. The van der Waals surface area contributed by atoms with Crippen LogP contribution in [0.5, 0.6) is 0 Å². The van der Waals surface area contributed by atoms with Gasteiger partial charge in [-0.3, -0.25) is 0 Å². The molecule has 0 spiro atoms. The van der Waals surface area contributed by atoms with Crippen LogP contribution in [0.15, 0.2) is 128 Å². The first-order chi connectivity index (χ1) is 19.5. The summed E-state index contributed by atoms with van der Waals surface area (Å²) in [6.45, 7) is 6.17. The van der Waals surface area contributed by atoms with Crippen LogP contribution >= 0.6 is 0 Å². The van der Waals surface area contributed by atoms with Crippen molar-refractivity contribution in [3.8, 4) is 33.8 Å². The molecular weight excluding hydrogens is 679 g/mol. The summed E-state index contributed by atoms with van der Waals surface area (Å²) in [7, 11) is 3.92. The molecule has 0 N–H and O–H groups in total. The summed E-state index contributed by atoms with van der Waals surface area (Å²) in [6.07, 6.45) is 5.52. The average Bonchev–Trinajstić information content (AvgIpc) is 3.00. The zero-order valence-corrected chi connectivity index (χ0v) is 25.9. The molecule has 41 heavy (non-hydrogen) atoms. The minimum Gasteiger partial charge on any atom is -0.321 e. The van der Waals surface area contributed by atoms with Crippen molar-refractivity contribution in [2.75, 3.05) is 0 Å². The molecule has 0 unspecified atom stereocenters. The van der Waals surface area contributed by atoms with Gasteiger partial charge in [0.2, 0.25) is 0 Å². The molecule has 0 amide bonds. The van der Waals surface area contributed by atoms with Gasteiger partial charge in [-0.1, -0.05) is 62.7 Å². The Balaban J connectivity index is 0.000000167. The van der Waals surface area contributed by atoms with E-state index in [1.807, 2.05) is 95.7 Å². The second-order valence-corrected chi connectivity index (χ2v) is 9.32. The van der Waals surface area contributed by atoms with Gasteiger partial charge < -0.3 is 14.5 Å². The van der Waals surface area contributed by atoms with E-state index in [0.29, 0.717) is 0 Å². The number of aryl methyl sites for hydroxylation is 3. The number of aromatic nitrogens is 3. The van der Waals surface area contributed by atoms with Crippen LogP contribution in [0.2, 0.25) is 0 Å². The fraction of sp³-hybridized carbons (Fsp3) is 0.0811. The molecule has 3 aromatic carbocycles. The first kappa shape index (κ1) is 31.2. The smallest absolute Gasteiger partial charge is 0.115 e. The fourth-order valence-corrected chi connectivity index (χ4v) is 3.75. The molecule has 3 heterocycles. The third-order valence-corrected chi connectivity index (χ3v) is 6.00. The molecule has 207 valence electrons. The first-order valence-corrected chi connectivity index (χ1v) is 13.1. The number of pyridine rings is 3. The van der Waals surface area contributed by atoms with Crippen LogP contribution in [0.3, 0.4) is 0 Å². The van der Waals surface area contributed by atoms with Gasteiger partial charge in [0.25, 0.3) is 0 Å². The zero-order chi connectivity index (χ0) is 28.2. The van der Waals surface area contributed by atoms with Crippen molar-refractivity contribution in [1.82, 2.24) is 9.97 Å². The fourth-order valence-electron chi connectivity index (χ4n) is 3.75. The molecule has 0 saturated carbocycles. The number of benzene rings is 3. The van der Waals surface area contributed by atoms with Crippen LogP contribution in [0.1, 0.15) is 16.7 Å². The molecule has 0 fully saturated rings. The topological polar surface area (TPSA) is 29.7 Å². The summed E-state index contributed by atoms with van der Waals surface area (Å²) in [4.78, 5) is 8.49. The van der Waals surface area contributed by atoms with E-state index >= 15 is 0 Å². The summed E-state index contributed by atoms with van der Waals surface area (Å²) in [5, 5.41) is 0. The van der Waals surface area contributed by atoms with Crippen LogP contribution in [-0.2, 0) is 20.1 Å². The average molecular weight is 711 g/mol. The van der Waals surface area contributed by atoms with Crippen molar-refractivity contribution in [2.45, 2.75) is 20.8 Å². The Kier molecular flexibility index (Phi) is 12.2. The van der Waals surface area contributed by atoms with E-state index in [2.05, 4.69) is 80.3 Å². The molecule has 0 aliphatic carbocycles. The molecule has 0 saturated heterocycles. The predicted octanol–water partition coefficient (Wildman–Crippen LogP) is 8.10. The maximum atomic E-state index is 4.25. The van der Waals surface area contributed by atoms with Crippen molar-refractivity contribution < 1.29 is 24.7 Å². The van der Waals surface area contributed by atoms with Crippen molar-refractivity contribution in [3.05, 3.63) is 170 Å². The predicted molar refractivity (Wildman–Crippen MR) is 163 cm³/mol. The Morgan fingerprint density at radius 1 is 0.537 bits per heavy atom. The first-order valence-electron chi connectivity index (χ1n) is 13.1. The molecule has 4 heteroatoms. The molecule has 6 aromatic rings. The Morgan fingerprint density at radius 2 is 0.976 bits per heavy atom. The van der Waals surface area contributed by atoms with Crippen molar-refractivity contribution >= 4 is 0 Å². The molecule has 6 rings (SSSR count). The van der Waals surface area contributed by atoms with Gasteiger partial charge in [-0.15, -0.1) is 101 Å². The number of nitrogens with zero attached hydrogens (tertiary/aromatic N) is 3. The van der Waals surface area contributed by atoms with E-state index in [4.69, 9.17) is 0 Å². The Labute approximate surface area is 258 Å². The van der Waals surface area contributed by atoms with Crippen molar-refractivity contribution in [1.29, 1.82) is 0 Å². The van der Waals surface area contributed by atoms with Gasteiger partial charge in [-0.25, -0.2) is 0 Å². The molecule has 1 radical (unpaired) electrons. The van der Waals surface area contributed by atoms with E-state index in [1.54, 1.807) is 12.4 Å². The number of hydrogen-bond donors (Lipinski definition) is 0. The van der Waals surface area contributed by atoms with E-state index in [-0.39, 0.29) is 20.1 Å². The number of hydrogen-bond acceptors (Lipinski definition) is 2. The monoisotopic (exact) mass is 711 g/mol. The maximum Gasteiger partial charge on any atom is 0.115 e. The normalized spacial score (nSPS) is 9.73. The van der Waals surface area contributed by atoms with Crippen LogP contribution in [0, 0.1) is 46.0 Å². The van der Waals surface area contributed by atoms with Gasteiger partial charge in [0.1, 0.15) is 5.69 Å². The number of rotatable bonds is 3. The molecule has 0 aliphatic heterocycles. The summed E-state index contributed by atoms with van der Waals surface area (Å²) >= 11 is 0. The third kappa shape index (κ3) is 9.65. The zero-order valence-electron chi connectivity index (χ0n) is 23.5. The minimum absolute atomic E-state index is 0. The largest absolute Gasteiger partial charge is 0.321 e. The van der Waals surface area contributed by atoms with Crippen LogP contribution in [-0.4, -0.2) is 9.97 Å². The quantitative estimate of drug-likeness (QED) is 0.137. The summed E-state index contributed by atoms with van der Waals surface area (Å²) in [5.74, 6) is 0. The summed E-state index contributed by atoms with van der Waals surface area (Å²) in [6, 6.07) is 45.7. The molecular formula is C37H32IrN3-3. The Hall–Kier alpha value is -4.37. The molecule has 0 aliphatic rings. The van der Waals surface area contributed by atoms with Crippen LogP contribution in [0.25, 0.3) is 33.8 Å². The molecule has 3 aromatic heterocycles. The maximum absolute atomic E-state index is 4.25. The minimum atomic E-state index is 0. The Morgan fingerprint density at radius 3 is 1.34 bits per heavy atom. The molecule has 0 atom stereocenters. The molecule has 3 nitrogen and oxygen atoms in total. The van der Waals surface area contributed by atoms with Gasteiger partial charge >= 0.3 is 0 Å². The SMILES string of the molecule is Cc1c[c-]c(-c2ccccn2)cc1.Cc1c[c-]c(-c2ccccn2)cc1.[CH2-][n+]1ccccc1-c1[c-]cc(C)cc1.[Ir]. The third-order valence-electron chi connectivity index (χ3n) is 6.00. The molecule has 0 bridgehead atoms. The van der Waals surface area contributed by atoms with Gasteiger partial charge in [0, 0.05) is 39.5 Å². The standard InChI is InChI=1S/C13H12N.2C12H10N.Ir/c1-11-6-8-12(9-7-11)13-5-3-4-10-14(13)2;2*1-10-5-7-11(8-6-10)12-4-2-3-9-13-12;/h3-8,10H,2H2,1H3;2*2-7,9H,1H3;/q3*-1;. The van der Waals surface area contributed by atoms with Crippen LogP contribution < -0.4 is 4.57 Å². The van der Waals surface area contributed by atoms with E-state index in [9.17, 15) is 0 Å². The van der Waals surface area contributed by atoms with Gasteiger partial charge in [-0.05, 0) is 29.6 Å². The second-order valence-electron chi connectivity index (χ2n) is 9.32. The van der Waals surface area contributed by atoms with E-state index in [1.165, 1.54) is 16.7 Å². The van der Waals surface area contributed by atoms with E-state index in [0.717, 1.165) is 33.8 Å². The second kappa shape index (κ2) is 16.0. The summed E-state index contributed by atoms with van der Waals surface area (Å²) < 4.78 is 1.85. The van der Waals surface area contributed by atoms with Crippen molar-refractivity contribution in [3.63, 3.8) is 0 Å². The Bertz CT molecular complexity index is 1500. The van der Waals surface area contributed by atoms with Gasteiger partial charge in [-0.2, -0.15) is 0 Å². The van der Waals surface area contributed by atoms with Crippen molar-refractivity contribution in [2.24, 2.45) is 0 Å². The van der Waals surface area contributed by atoms with E-state index < -0.39 is 0 Å². The van der Waals surface area contributed by atoms with Gasteiger partial charge in [0.15, 0.2) is 0 Å².